The highest BCUT2D eigenvalue weighted by molar-refractivity contribution is 6.12. The second-order valence-corrected chi connectivity index (χ2v) is 6.53. The molecule has 9 heteroatoms. The minimum atomic E-state index is -0.482. The van der Waals surface area contributed by atoms with Crippen LogP contribution in [0.15, 0.2) is 54.7 Å². The number of carbonyl (C=O) groups excluding carboxylic acids is 3. The molecule has 1 fully saturated rings. The summed E-state index contributed by atoms with van der Waals surface area (Å²) >= 11 is 0. The number of pyridine rings is 1. The number of benzene rings is 2. The van der Waals surface area contributed by atoms with E-state index < -0.39 is 6.03 Å². The number of anilines is 2. The molecule has 0 atom stereocenters. The van der Waals surface area contributed by atoms with Crippen molar-refractivity contribution in [2.45, 2.75) is 0 Å². The minimum Gasteiger partial charge on any atom is -0.307 e. The lowest BCUT2D eigenvalue weighted by Gasteiger charge is -2.13. The summed E-state index contributed by atoms with van der Waals surface area (Å²) in [6.45, 7) is -0.0410. The van der Waals surface area contributed by atoms with Crippen molar-refractivity contribution < 1.29 is 19.8 Å². The minimum absolute atomic E-state index is 0.0410. The fraction of sp³-hybridized carbons (Fsp3) is 0.0500. The third-order valence-electron chi connectivity index (χ3n) is 4.53. The summed E-state index contributed by atoms with van der Waals surface area (Å²) in [5.74, 6) is -0.0862. The van der Waals surface area contributed by atoms with E-state index in [9.17, 15) is 14.4 Å². The molecule has 29 heavy (non-hydrogen) atoms. The Kier molecular flexibility index (Phi) is 4.40. The van der Waals surface area contributed by atoms with Crippen molar-refractivity contribution in [2.75, 3.05) is 16.8 Å². The molecule has 1 aliphatic rings. The Hall–Kier alpha value is -4.27. The number of nitrogens with zero attached hydrogens (tertiary/aromatic N) is 2. The van der Waals surface area contributed by atoms with Crippen LogP contribution in [-0.2, 0) is 4.79 Å². The Morgan fingerprint density at radius 3 is 2.45 bits per heavy atom. The number of amides is 4. The summed E-state index contributed by atoms with van der Waals surface area (Å²) in [7, 11) is 0. The molecule has 3 aromatic rings. The van der Waals surface area contributed by atoms with Crippen LogP contribution < -0.4 is 26.7 Å². The highest BCUT2D eigenvalue weighted by Crippen LogP contribution is 2.20. The topological polar surface area (TPSA) is 143 Å². The molecule has 1 aliphatic heterocycles. The predicted molar refractivity (Wildman–Crippen MR) is 107 cm³/mol. The van der Waals surface area contributed by atoms with E-state index in [-0.39, 0.29) is 24.2 Å². The van der Waals surface area contributed by atoms with Crippen LogP contribution in [0.1, 0.15) is 15.9 Å². The van der Waals surface area contributed by atoms with Gasteiger partial charge in [-0.15, -0.1) is 0 Å². The van der Waals surface area contributed by atoms with Crippen molar-refractivity contribution in [1.29, 1.82) is 0 Å². The highest BCUT2D eigenvalue weighted by atomic mass is 16.2. The van der Waals surface area contributed by atoms with E-state index in [0.29, 0.717) is 22.6 Å². The molecule has 9 nitrogen and oxygen atoms in total. The summed E-state index contributed by atoms with van der Waals surface area (Å²) in [4.78, 5) is 41.1. The van der Waals surface area contributed by atoms with Gasteiger partial charge in [0.05, 0.1) is 5.56 Å². The van der Waals surface area contributed by atoms with Crippen molar-refractivity contribution in [3.05, 3.63) is 65.9 Å². The van der Waals surface area contributed by atoms with Crippen LogP contribution in [0, 0.1) is 0 Å². The maximum absolute atomic E-state index is 12.5. The van der Waals surface area contributed by atoms with Crippen LogP contribution >= 0.6 is 0 Å². The second-order valence-electron chi connectivity index (χ2n) is 6.53. The maximum Gasteiger partial charge on any atom is 0.329 e. The molecule has 2 aromatic carbocycles. The van der Waals surface area contributed by atoms with Crippen LogP contribution in [0.4, 0.5) is 16.3 Å². The van der Waals surface area contributed by atoms with E-state index in [2.05, 4.69) is 15.6 Å². The molecule has 4 rings (SSSR count). The molecule has 1 saturated heterocycles. The Bertz CT molecular complexity index is 1170. The number of carbonyl (C=O) groups is 3. The number of aromatic nitrogens is 1. The highest BCUT2D eigenvalue weighted by Gasteiger charge is 2.27. The van der Waals surface area contributed by atoms with Crippen LogP contribution in [-0.4, -0.2) is 35.2 Å². The Morgan fingerprint density at radius 1 is 1.07 bits per heavy atom. The normalized spacial score (nSPS) is 13.4. The number of nitrogens with two attached hydrogens (primary N) is 2. The first-order valence-corrected chi connectivity index (χ1v) is 8.71. The Balaban J connectivity index is 1.50. The van der Waals surface area contributed by atoms with Crippen LogP contribution in [0.5, 0.6) is 0 Å². The van der Waals surface area contributed by atoms with E-state index >= 15 is 0 Å². The molecular formula is C20H17N6O3+. The van der Waals surface area contributed by atoms with Crippen LogP contribution in [0.2, 0.25) is 0 Å². The first-order valence-electron chi connectivity index (χ1n) is 8.71. The maximum atomic E-state index is 12.5. The number of rotatable bonds is 4. The standard InChI is InChI=1S/C20H16N6O3/c21-18(22)13-2-1-12-8-16(23-9-14(12)7-13)24-19(28)11-3-5-15(6-4-11)26-10-17(27)25-20(26)29/h1-9H,10H2,(H3,21,22)(H,23,24,28)(H,25,27,29)/p+1. The van der Waals surface area contributed by atoms with Gasteiger partial charge >= 0.3 is 6.03 Å². The van der Waals surface area contributed by atoms with E-state index in [1.807, 2.05) is 12.1 Å². The quantitative estimate of drug-likeness (QED) is 0.282. The zero-order valence-corrected chi connectivity index (χ0v) is 15.2. The van der Waals surface area contributed by atoms with Gasteiger partial charge in [0, 0.05) is 22.8 Å². The number of hydrogen-bond donors (Lipinski definition) is 4. The molecule has 0 bridgehead atoms. The van der Waals surface area contributed by atoms with Crippen LogP contribution in [0.25, 0.3) is 10.8 Å². The first kappa shape index (κ1) is 18.1. The van der Waals surface area contributed by atoms with E-state index in [4.69, 9.17) is 11.1 Å². The van der Waals surface area contributed by atoms with Gasteiger partial charge in [0.25, 0.3) is 11.7 Å². The van der Waals surface area contributed by atoms with Gasteiger partial charge in [-0.3, -0.25) is 30.9 Å². The predicted octanol–water partition coefficient (Wildman–Crippen LogP) is 0.00770. The van der Waals surface area contributed by atoms with Crippen molar-refractivity contribution in [3.8, 4) is 0 Å². The molecule has 0 saturated carbocycles. The van der Waals surface area contributed by atoms with Crippen LogP contribution in [0.3, 0.4) is 0 Å². The summed E-state index contributed by atoms with van der Waals surface area (Å²) in [5, 5.41) is 12.3. The van der Waals surface area contributed by atoms with Gasteiger partial charge in [0.1, 0.15) is 12.4 Å². The summed E-state index contributed by atoms with van der Waals surface area (Å²) in [6, 6.07) is 13.1. The summed E-state index contributed by atoms with van der Waals surface area (Å²) < 4.78 is 0. The van der Waals surface area contributed by atoms with Crippen molar-refractivity contribution in [2.24, 2.45) is 5.73 Å². The average molecular weight is 389 g/mol. The molecule has 144 valence electrons. The third kappa shape index (κ3) is 3.61. The van der Waals surface area contributed by atoms with E-state index in [0.717, 1.165) is 10.8 Å². The van der Waals surface area contributed by atoms with E-state index in [1.54, 1.807) is 42.6 Å². The van der Waals surface area contributed by atoms with Gasteiger partial charge in [0.2, 0.25) is 5.91 Å². The lowest BCUT2D eigenvalue weighted by molar-refractivity contribution is -0.117. The smallest absolute Gasteiger partial charge is 0.307 e. The molecule has 0 radical (unpaired) electrons. The molecule has 0 unspecified atom stereocenters. The zero-order valence-electron chi connectivity index (χ0n) is 15.2. The molecule has 0 spiro atoms. The molecular weight excluding hydrogens is 372 g/mol. The summed E-state index contributed by atoms with van der Waals surface area (Å²) in [5.41, 5.74) is 7.24. The molecule has 0 aliphatic carbocycles. The Labute approximate surface area is 165 Å². The largest absolute Gasteiger partial charge is 0.329 e. The number of urea groups is 1. The first-order chi connectivity index (χ1) is 13.9. The lowest BCUT2D eigenvalue weighted by atomic mass is 10.1. The van der Waals surface area contributed by atoms with Crippen molar-refractivity contribution in [1.82, 2.24) is 10.3 Å². The number of imide groups is 1. The van der Waals surface area contributed by atoms with Gasteiger partial charge < -0.3 is 5.32 Å². The van der Waals surface area contributed by atoms with Gasteiger partial charge in [-0.1, -0.05) is 6.07 Å². The molecule has 6 N–H and O–H groups in total. The van der Waals surface area contributed by atoms with E-state index in [1.165, 1.54) is 4.90 Å². The van der Waals surface area contributed by atoms with Crippen molar-refractivity contribution in [3.63, 3.8) is 0 Å². The summed E-state index contributed by atoms with van der Waals surface area (Å²) in [6.07, 6.45) is 1.63. The number of nitrogens with one attached hydrogen (secondary N) is 2. The van der Waals surface area contributed by atoms with Gasteiger partial charge in [-0.05, 0) is 47.9 Å². The lowest BCUT2D eigenvalue weighted by Crippen LogP contribution is -2.46. The van der Waals surface area contributed by atoms with Gasteiger partial charge in [0.15, 0.2) is 0 Å². The Morgan fingerprint density at radius 2 is 1.79 bits per heavy atom. The van der Waals surface area contributed by atoms with Gasteiger partial charge in [-0.25, -0.2) is 9.78 Å². The molecule has 4 amide bonds. The number of hydrogen-bond acceptors (Lipinski definition) is 4. The average Bonchev–Trinajstić information content (AvgIpc) is 3.05. The second kappa shape index (κ2) is 7.04. The fourth-order valence-corrected chi connectivity index (χ4v) is 3.02. The fourth-order valence-electron chi connectivity index (χ4n) is 3.02. The zero-order chi connectivity index (χ0) is 20.5. The molecule has 1 aromatic heterocycles. The SMILES string of the molecule is NC(=[NH2+])c1ccc2cc(NC(=O)c3ccc(N4CC(=O)NC4=O)cc3)ncc2c1. The van der Waals surface area contributed by atoms with Gasteiger partial charge in [-0.2, -0.15) is 0 Å². The third-order valence-corrected chi connectivity index (χ3v) is 4.53. The monoisotopic (exact) mass is 389 g/mol. The van der Waals surface area contributed by atoms with Crippen molar-refractivity contribution >= 4 is 46.0 Å². The number of amidine groups is 1. The molecule has 2 heterocycles. The number of fused-ring (bicyclic) bond motifs is 1.